The predicted molar refractivity (Wildman–Crippen MR) is 253 cm³/mol. The average Bonchev–Trinajstić information content (AvgIpc) is 3.67. The van der Waals surface area contributed by atoms with Gasteiger partial charge in [0.1, 0.15) is 30.2 Å². The number of carbonyl (C=O) groups is 6. The fourth-order valence-corrected chi connectivity index (χ4v) is 7.29. The molecule has 0 aliphatic rings. The molecule has 0 aliphatic heterocycles. The number of benzene rings is 3. The third kappa shape index (κ3) is 16.1. The van der Waals surface area contributed by atoms with Crippen LogP contribution in [-0.2, 0) is 36.8 Å². The van der Waals surface area contributed by atoms with Gasteiger partial charge in [0, 0.05) is 63.8 Å². The first kappa shape index (κ1) is 50.3. The van der Waals surface area contributed by atoms with Crippen LogP contribution in [0.3, 0.4) is 0 Å². The monoisotopic (exact) mass is 981 g/mol. The predicted octanol–water partition coefficient (Wildman–Crippen LogP) is 0.629. The zero-order chi connectivity index (χ0) is 46.8. The molecule has 0 saturated carbocycles. The van der Waals surface area contributed by atoms with E-state index in [4.69, 9.17) is 40.3 Å². The topological polar surface area (TPSA) is 333 Å². The van der Waals surface area contributed by atoms with Crippen LogP contribution in [-0.4, -0.2) is 101 Å². The summed E-state index contributed by atoms with van der Waals surface area (Å²) in [5.74, 6) is -4.89. The second-order valence-corrected chi connectivity index (χ2v) is 16.4. The van der Waals surface area contributed by atoms with Crippen molar-refractivity contribution < 1.29 is 28.8 Å². The molecule has 0 fully saturated rings. The summed E-state index contributed by atoms with van der Waals surface area (Å²) in [6, 6.07) is 14.3. The number of rotatable bonds is 24. The van der Waals surface area contributed by atoms with Gasteiger partial charge in [-0.25, -0.2) is 0 Å². The van der Waals surface area contributed by atoms with Gasteiger partial charge in [0.25, 0.3) is 5.91 Å². The van der Waals surface area contributed by atoms with E-state index < -0.39 is 65.7 Å². The molecule has 3 aromatic carbocycles. The molecule has 19 nitrogen and oxygen atoms in total. The summed E-state index contributed by atoms with van der Waals surface area (Å²) in [7, 11) is 0. The van der Waals surface area contributed by atoms with Crippen molar-refractivity contribution in [2.75, 3.05) is 18.8 Å². The van der Waals surface area contributed by atoms with Gasteiger partial charge in [0.2, 0.25) is 29.5 Å². The average molecular weight is 983 g/mol. The van der Waals surface area contributed by atoms with Crippen molar-refractivity contribution in [1.82, 2.24) is 31.6 Å². The van der Waals surface area contributed by atoms with Gasteiger partial charge < -0.3 is 60.2 Å². The largest absolute Gasteiger partial charge is 0.370 e. The zero-order valence-electron chi connectivity index (χ0n) is 34.7. The van der Waals surface area contributed by atoms with Crippen molar-refractivity contribution in [3.8, 4) is 0 Å². The lowest BCUT2D eigenvalue weighted by Crippen LogP contribution is -2.60. The highest BCUT2D eigenvalue weighted by Crippen LogP contribution is 2.20. The third-order valence-electron chi connectivity index (χ3n) is 9.79. The van der Waals surface area contributed by atoms with E-state index in [1.807, 2.05) is 24.3 Å². The molecule has 0 spiro atoms. The fraction of sp³-hybridized carbons (Fsp3) is 0.333. The number of nitrogens with one attached hydrogen (secondary N) is 6. The zero-order valence-corrected chi connectivity index (χ0v) is 37.9. The summed E-state index contributed by atoms with van der Waals surface area (Å²) < 4.78 is 0.640. The highest BCUT2D eigenvalue weighted by atomic mass is 79.9. The van der Waals surface area contributed by atoms with E-state index in [2.05, 4.69) is 70.1 Å². The first-order valence-electron chi connectivity index (χ1n) is 20.1. The fourth-order valence-electron chi connectivity index (χ4n) is 6.51. The first-order valence-corrected chi connectivity index (χ1v) is 21.9. The molecule has 6 amide bonds. The smallest absolute Gasteiger partial charge is 0.251 e. The molecule has 4 rings (SSSR count). The SMILES string of the molecule is NC(=O)[C@H](Cc1c[nH]c2ccccc12)NC(=O)[C@H](CS)NC(=O)[C@@H](Cc1ccc(Cl)cc1)NC(=O)[C@H](CCCN=C(N)N)NC(=O)[C@H](CCCN=C(N)N)NC(=O)c1cccc(Br)c1. The molecule has 0 aliphatic carbocycles. The summed E-state index contributed by atoms with van der Waals surface area (Å²) in [6.07, 6.45) is 2.28. The van der Waals surface area contributed by atoms with Crippen LogP contribution in [0.1, 0.15) is 47.2 Å². The Hall–Kier alpha value is -6.32. The third-order valence-corrected chi connectivity index (χ3v) is 10.9. The molecular weight excluding hydrogens is 930 g/mol. The summed E-state index contributed by atoms with van der Waals surface area (Å²) in [5.41, 5.74) is 30.1. The van der Waals surface area contributed by atoms with Gasteiger partial charge in [-0.2, -0.15) is 12.6 Å². The number of nitrogens with zero attached hydrogens (tertiary/aromatic N) is 2. The van der Waals surface area contributed by atoms with Crippen LogP contribution >= 0.6 is 40.2 Å². The van der Waals surface area contributed by atoms with Gasteiger partial charge in [-0.15, -0.1) is 0 Å². The quantitative estimate of drug-likeness (QED) is 0.0201. The lowest BCUT2D eigenvalue weighted by Gasteiger charge is -2.27. The molecular formula is C42H53BrClN13O6S. The maximum atomic E-state index is 14.3. The molecule has 4 aromatic rings. The number of para-hydroxylation sites is 1. The van der Waals surface area contributed by atoms with Gasteiger partial charge in [-0.05, 0) is 73.2 Å². The lowest BCUT2D eigenvalue weighted by atomic mass is 10.0. The Kier molecular flexibility index (Phi) is 19.7. The Morgan fingerprint density at radius 1 is 0.656 bits per heavy atom. The van der Waals surface area contributed by atoms with Crippen molar-refractivity contribution in [3.05, 3.63) is 105 Å². The number of nitrogens with two attached hydrogens (primary N) is 5. The molecule has 1 aromatic heterocycles. The number of aliphatic imine (C=N–C) groups is 2. The van der Waals surface area contributed by atoms with Crippen molar-refractivity contribution in [2.45, 2.75) is 68.7 Å². The van der Waals surface area contributed by atoms with Crippen molar-refractivity contribution >= 4 is 98.4 Å². The number of thiol groups is 1. The molecule has 0 bridgehead atoms. The molecule has 5 atom stereocenters. The molecule has 0 unspecified atom stereocenters. The van der Waals surface area contributed by atoms with Crippen LogP contribution in [0.4, 0.5) is 0 Å². The van der Waals surface area contributed by atoms with Crippen LogP contribution in [0.2, 0.25) is 5.02 Å². The van der Waals surface area contributed by atoms with Crippen LogP contribution in [0.15, 0.2) is 93.5 Å². The summed E-state index contributed by atoms with van der Waals surface area (Å²) in [6.45, 7) is 0.255. The van der Waals surface area contributed by atoms with Gasteiger partial charge in [0.15, 0.2) is 11.9 Å². The van der Waals surface area contributed by atoms with Gasteiger partial charge in [-0.3, -0.25) is 38.8 Å². The molecule has 342 valence electrons. The van der Waals surface area contributed by atoms with E-state index >= 15 is 0 Å². The van der Waals surface area contributed by atoms with E-state index in [1.165, 1.54) is 0 Å². The van der Waals surface area contributed by atoms with E-state index in [9.17, 15) is 28.8 Å². The number of H-pyrrole nitrogens is 1. The van der Waals surface area contributed by atoms with Crippen molar-refractivity contribution in [2.24, 2.45) is 38.7 Å². The number of aromatic amines is 1. The molecule has 1 heterocycles. The molecule has 0 radical (unpaired) electrons. The highest BCUT2D eigenvalue weighted by molar-refractivity contribution is 9.10. The highest BCUT2D eigenvalue weighted by Gasteiger charge is 2.32. The van der Waals surface area contributed by atoms with Crippen molar-refractivity contribution in [1.29, 1.82) is 0 Å². The van der Waals surface area contributed by atoms with E-state index in [1.54, 1.807) is 54.7 Å². The minimum atomic E-state index is -1.33. The normalized spacial score (nSPS) is 13.2. The van der Waals surface area contributed by atoms with E-state index in [-0.39, 0.29) is 74.8 Å². The van der Waals surface area contributed by atoms with Gasteiger partial charge >= 0.3 is 0 Å². The summed E-state index contributed by atoms with van der Waals surface area (Å²) >= 11 is 13.8. The van der Waals surface area contributed by atoms with E-state index in [0.29, 0.717) is 15.1 Å². The Morgan fingerprint density at radius 2 is 1.20 bits per heavy atom. The van der Waals surface area contributed by atoms with Crippen LogP contribution in [0.25, 0.3) is 10.9 Å². The molecule has 16 N–H and O–H groups in total. The minimum absolute atomic E-state index is 0.00343. The molecule has 22 heteroatoms. The second kappa shape index (κ2) is 25.1. The Morgan fingerprint density at radius 3 is 1.80 bits per heavy atom. The Labute approximate surface area is 388 Å². The summed E-state index contributed by atoms with van der Waals surface area (Å²) in [4.78, 5) is 93.0. The lowest BCUT2D eigenvalue weighted by molar-refractivity contribution is -0.134. The second-order valence-electron chi connectivity index (χ2n) is 14.7. The number of fused-ring (bicyclic) bond motifs is 1. The maximum absolute atomic E-state index is 14.3. The van der Waals surface area contributed by atoms with Gasteiger partial charge in [0.05, 0.1) is 0 Å². The molecule has 64 heavy (non-hydrogen) atoms. The number of halogens is 2. The number of guanidine groups is 2. The Balaban J connectivity index is 1.57. The minimum Gasteiger partial charge on any atom is -0.370 e. The van der Waals surface area contributed by atoms with Gasteiger partial charge in [-0.1, -0.05) is 63.9 Å². The number of amides is 6. The summed E-state index contributed by atoms with van der Waals surface area (Å²) in [5, 5.41) is 14.7. The van der Waals surface area contributed by atoms with Crippen LogP contribution in [0, 0.1) is 0 Å². The van der Waals surface area contributed by atoms with Crippen LogP contribution in [0.5, 0.6) is 0 Å². The van der Waals surface area contributed by atoms with Crippen molar-refractivity contribution in [3.63, 3.8) is 0 Å². The van der Waals surface area contributed by atoms with Crippen LogP contribution < -0.4 is 55.3 Å². The number of primary amides is 1. The first-order chi connectivity index (χ1) is 30.5. The Bertz CT molecular complexity index is 2320. The standard InChI is InChI=1S/C42H53BrClN13O6S/c43-26-7-3-6-24(19-26)36(59)53-30(10-4-16-50-41(46)47)37(60)54-31(11-5-17-51-42(48)49)38(61)56-33(18-23-12-14-27(44)15-13-23)39(62)57-34(22-64)40(63)55-32(35(45)58)20-25-21-52-29-9-2-1-8-28(25)29/h1-3,6-9,12-15,19,21,30-34,52,64H,4-5,10-11,16-18,20,22H2,(H2,45,58)(H,53,59)(H,54,60)(H,55,63)(H,56,61)(H,57,62)(H4,46,47,50)(H4,48,49,51)/t30-,31-,32-,33+,34-/m0/s1. The number of carbonyl (C=O) groups excluding carboxylic acids is 6. The maximum Gasteiger partial charge on any atom is 0.251 e. The number of aromatic nitrogens is 1. The molecule has 0 saturated heterocycles. The van der Waals surface area contributed by atoms with E-state index in [0.717, 1.165) is 16.5 Å². The number of hydrogen-bond acceptors (Lipinski definition) is 9. The number of hydrogen-bond donors (Lipinski definition) is 12.